The first kappa shape index (κ1) is 20.3. The van der Waals surface area contributed by atoms with Crippen molar-refractivity contribution in [1.29, 1.82) is 0 Å². The zero-order valence-corrected chi connectivity index (χ0v) is 18.8. The normalized spacial score (nSPS) is 15.6. The van der Waals surface area contributed by atoms with Gasteiger partial charge in [-0.15, -0.1) is 11.3 Å². The number of nitrogens with zero attached hydrogens (tertiary/aromatic N) is 1. The number of benzene rings is 2. The molecule has 1 unspecified atom stereocenters. The fraction of sp³-hybridized carbons (Fsp3) is 0.167. The van der Waals surface area contributed by atoms with Crippen LogP contribution in [-0.2, 0) is 12.8 Å². The second-order valence-corrected chi connectivity index (χ2v) is 9.56. The molecule has 0 spiro atoms. The highest BCUT2D eigenvalue weighted by Gasteiger charge is 2.24. The number of fused-ring (bicyclic) bond motifs is 2. The van der Waals surface area contributed by atoms with Gasteiger partial charge in [0.15, 0.2) is 0 Å². The third-order valence-electron chi connectivity index (χ3n) is 5.74. The zero-order chi connectivity index (χ0) is 21.5. The molecule has 3 N–H and O–H groups in total. The van der Waals surface area contributed by atoms with Gasteiger partial charge in [0.1, 0.15) is 9.71 Å². The molecule has 0 bridgehead atoms. The number of carbonyl (C=O) groups excluding carboxylic acids is 1. The smallest absolute Gasteiger partial charge is 0.267 e. The van der Waals surface area contributed by atoms with Crippen molar-refractivity contribution in [3.63, 3.8) is 0 Å². The molecule has 31 heavy (non-hydrogen) atoms. The van der Waals surface area contributed by atoms with Crippen molar-refractivity contribution in [2.24, 2.45) is 0 Å². The van der Waals surface area contributed by atoms with Gasteiger partial charge in [-0.3, -0.25) is 4.79 Å². The summed E-state index contributed by atoms with van der Waals surface area (Å²) in [5, 5.41) is 4.55. The number of nitrogens with one attached hydrogen (secondary N) is 1. The van der Waals surface area contributed by atoms with E-state index >= 15 is 0 Å². The maximum absolute atomic E-state index is 12.9. The van der Waals surface area contributed by atoms with Crippen molar-refractivity contribution in [2.75, 3.05) is 11.1 Å². The van der Waals surface area contributed by atoms with Crippen LogP contribution in [0.4, 0.5) is 11.4 Å². The van der Waals surface area contributed by atoms with Crippen LogP contribution >= 0.6 is 34.5 Å². The highest BCUT2D eigenvalue weighted by molar-refractivity contribution is 7.21. The van der Waals surface area contributed by atoms with E-state index in [1.165, 1.54) is 22.5 Å². The van der Waals surface area contributed by atoms with E-state index in [1.54, 1.807) is 18.2 Å². The third kappa shape index (κ3) is 3.89. The summed E-state index contributed by atoms with van der Waals surface area (Å²) < 4.78 is 0. The number of carbonyl (C=O) groups is 1. The molecule has 5 rings (SSSR count). The highest BCUT2D eigenvalue weighted by atomic mass is 35.5. The lowest BCUT2D eigenvalue weighted by Gasteiger charge is -2.24. The molecule has 4 nitrogen and oxygen atoms in total. The number of amides is 1. The van der Waals surface area contributed by atoms with Crippen LogP contribution in [0.5, 0.6) is 0 Å². The number of aryl methyl sites for hydroxylation is 1. The van der Waals surface area contributed by atoms with Crippen molar-refractivity contribution < 1.29 is 4.79 Å². The summed E-state index contributed by atoms with van der Waals surface area (Å²) in [5.74, 6) is 0.174. The molecule has 0 saturated carbocycles. The minimum Gasteiger partial charge on any atom is -0.397 e. The van der Waals surface area contributed by atoms with Gasteiger partial charge in [0.25, 0.3) is 5.91 Å². The topological polar surface area (TPSA) is 68.0 Å². The van der Waals surface area contributed by atoms with Crippen LogP contribution in [-0.4, -0.2) is 10.9 Å². The second-order valence-electron chi connectivity index (χ2n) is 7.72. The number of rotatable bonds is 3. The number of hydrogen-bond donors (Lipinski definition) is 2. The number of nitrogens with two attached hydrogens (primary N) is 1. The number of pyridine rings is 1. The second kappa shape index (κ2) is 8.15. The molecule has 156 valence electrons. The predicted octanol–water partition coefficient (Wildman–Crippen LogP) is 6.71. The molecule has 0 radical (unpaired) electrons. The number of anilines is 2. The lowest BCUT2D eigenvalue weighted by molar-refractivity contribution is 0.103. The molecule has 2 aromatic heterocycles. The molecular formula is C24H19Cl2N3OS. The van der Waals surface area contributed by atoms with Crippen molar-refractivity contribution in [3.05, 3.63) is 86.3 Å². The van der Waals surface area contributed by atoms with Gasteiger partial charge in [0.2, 0.25) is 0 Å². The lowest BCUT2D eigenvalue weighted by Crippen LogP contribution is -2.14. The monoisotopic (exact) mass is 467 g/mol. The Hall–Kier alpha value is -2.60. The summed E-state index contributed by atoms with van der Waals surface area (Å²) in [6.45, 7) is 0. The van der Waals surface area contributed by atoms with Gasteiger partial charge >= 0.3 is 0 Å². The number of halogens is 2. The van der Waals surface area contributed by atoms with E-state index in [1.807, 2.05) is 6.07 Å². The molecule has 0 saturated heterocycles. The van der Waals surface area contributed by atoms with Gasteiger partial charge in [0.05, 0.1) is 16.4 Å². The van der Waals surface area contributed by atoms with Crippen LogP contribution in [0.1, 0.15) is 38.8 Å². The maximum atomic E-state index is 12.9. The molecule has 4 aromatic rings. The molecule has 0 fully saturated rings. The van der Waals surface area contributed by atoms with Crippen LogP contribution in [0, 0.1) is 0 Å². The molecule has 1 amide bonds. The predicted molar refractivity (Wildman–Crippen MR) is 130 cm³/mol. The zero-order valence-electron chi connectivity index (χ0n) is 16.5. The van der Waals surface area contributed by atoms with E-state index in [-0.39, 0.29) is 5.91 Å². The van der Waals surface area contributed by atoms with Crippen molar-refractivity contribution in [2.45, 2.75) is 25.2 Å². The van der Waals surface area contributed by atoms with Crippen LogP contribution in [0.25, 0.3) is 10.2 Å². The molecule has 0 aliphatic heterocycles. The summed E-state index contributed by atoms with van der Waals surface area (Å²) in [7, 11) is 0. The Balaban J connectivity index is 1.46. The van der Waals surface area contributed by atoms with Gasteiger partial charge in [-0.2, -0.15) is 0 Å². The Bertz CT molecular complexity index is 1300. The van der Waals surface area contributed by atoms with Gasteiger partial charge in [-0.05, 0) is 60.6 Å². The molecule has 1 aliphatic rings. The van der Waals surface area contributed by atoms with Crippen molar-refractivity contribution >= 4 is 62.0 Å². The first-order valence-electron chi connectivity index (χ1n) is 10.0. The fourth-order valence-corrected chi connectivity index (χ4v) is 5.59. The average molecular weight is 468 g/mol. The Morgan fingerprint density at radius 3 is 2.71 bits per heavy atom. The SMILES string of the molecule is Nc1c(C(=O)Nc2ccc(Cl)cc2Cl)sc2nc3c(cc12)CC(c1ccccc1)CC3. The largest absolute Gasteiger partial charge is 0.397 e. The van der Waals surface area contributed by atoms with Gasteiger partial charge in [0, 0.05) is 16.1 Å². The molecule has 7 heteroatoms. The molecular weight excluding hydrogens is 449 g/mol. The minimum absolute atomic E-state index is 0.301. The third-order valence-corrected chi connectivity index (χ3v) is 7.40. The van der Waals surface area contributed by atoms with E-state index < -0.39 is 0 Å². The van der Waals surface area contributed by atoms with E-state index in [0.29, 0.717) is 32.2 Å². The first-order valence-corrected chi connectivity index (χ1v) is 11.6. The van der Waals surface area contributed by atoms with Crippen LogP contribution in [0.15, 0.2) is 54.6 Å². The Kier molecular flexibility index (Phi) is 5.34. The number of aromatic nitrogens is 1. The van der Waals surface area contributed by atoms with E-state index in [4.69, 9.17) is 33.9 Å². The molecule has 2 heterocycles. The minimum atomic E-state index is -0.301. The van der Waals surface area contributed by atoms with E-state index in [0.717, 1.165) is 35.2 Å². The number of thiophene rings is 1. The van der Waals surface area contributed by atoms with E-state index in [9.17, 15) is 4.79 Å². The van der Waals surface area contributed by atoms with Crippen LogP contribution in [0.2, 0.25) is 10.0 Å². The highest BCUT2D eigenvalue weighted by Crippen LogP contribution is 2.39. The van der Waals surface area contributed by atoms with E-state index in [2.05, 4.69) is 35.6 Å². The van der Waals surface area contributed by atoms with Crippen molar-refractivity contribution in [3.8, 4) is 0 Å². The maximum Gasteiger partial charge on any atom is 0.267 e. The summed E-state index contributed by atoms with van der Waals surface area (Å²) in [6, 6.07) is 17.6. The molecule has 2 aromatic carbocycles. The number of nitrogen functional groups attached to an aromatic ring is 1. The summed E-state index contributed by atoms with van der Waals surface area (Å²) in [5.41, 5.74) is 11.0. The fourth-order valence-electron chi connectivity index (χ4n) is 4.14. The van der Waals surface area contributed by atoms with Gasteiger partial charge in [-0.1, -0.05) is 53.5 Å². The summed E-state index contributed by atoms with van der Waals surface area (Å²) in [4.78, 5) is 19.0. The first-order chi connectivity index (χ1) is 15.0. The Labute approximate surface area is 194 Å². The molecule has 1 aliphatic carbocycles. The summed E-state index contributed by atoms with van der Waals surface area (Å²) >= 11 is 13.4. The van der Waals surface area contributed by atoms with Crippen molar-refractivity contribution in [1.82, 2.24) is 4.98 Å². The Morgan fingerprint density at radius 2 is 1.94 bits per heavy atom. The van der Waals surface area contributed by atoms with Gasteiger partial charge < -0.3 is 11.1 Å². The average Bonchev–Trinajstić information content (AvgIpc) is 3.10. The number of hydrogen-bond acceptors (Lipinski definition) is 4. The molecule has 1 atom stereocenters. The Morgan fingerprint density at radius 1 is 1.13 bits per heavy atom. The standard InChI is InChI=1S/C24H19Cl2N3OS/c25-16-7-9-20(18(26)12-16)28-23(30)22-21(27)17-11-15-10-14(13-4-2-1-3-5-13)6-8-19(15)29-24(17)31-22/h1-5,7,9,11-12,14H,6,8,10,27H2,(H,28,30). The van der Waals surface area contributed by atoms with Crippen LogP contribution in [0.3, 0.4) is 0 Å². The summed E-state index contributed by atoms with van der Waals surface area (Å²) in [6.07, 6.45) is 2.92. The van der Waals surface area contributed by atoms with Crippen LogP contribution < -0.4 is 11.1 Å². The lowest BCUT2D eigenvalue weighted by atomic mass is 9.82. The van der Waals surface area contributed by atoms with Gasteiger partial charge in [-0.25, -0.2) is 4.98 Å². The quantitative estimate of drug-likeness (QED) is 0.351.